The highest BCUT2D eigenvalue weighted by Crippen LogP contribution is 2.30. The van der Waals surface area contributed by atoms with E-state index in [1.165, 1.54) is 9.47 Å². The average molecular weight is 481 g/mol. The van der Waals surface area contributed by atoms with Crippen molar-refractivity contribution in [2.75, 3.05) is 30.1 Å². The summed E-state index contributed by atoms with van der Waals surface area (Å²) >= 11 is 6.36. The molecule has 1 aliphatic heterocycles. The standard InChI is InChI=1S/C23H25ClN8O2/c1-5-8-13(6-2)32-20(28-15-10-7-9-14(24)16(15)22(32)34)12(3)27-19-17-18(29-23(25)30-19)26-11-31(4)21(17)33/h5-10,12H,11H2,1-4H3,(H4,25,26,27,29,30)/b8-5-,13-6+/t12-/m0/s1. The first kappa shape index (κ1) is 23.2. The Bertz CT molecular complexity index is 1410. The molecular weight excluding hydrogens is 456 g/mol. The molecule has 2 aromatic heterocycles. The van der Waals surface area contributed by atoms with Crippen LogP contribution in [0.3, 0.4) is 0 Å². The fraction of sp³-hybridized carbons (Fsp3) is 0.261. The maximum atomic E-state index is 13.6. The normalized spacial score (nSPS) is 14.9. The van der Waals surface area contributed by atoms with Gasteiger partial charge < -0.3 is 21.3 Å². The summed E-state index contributed by atoms with van der Waals surface area (Å²) in [6.07, 6.45) is 5.46. The molecule has 1 aromatic carbocycles. The van der Waals surface area contributed by atoms with Crippen LogP contribution in [-0.4, -0.2) is 44.0 Å². The summed E-state index contributed by atoms with van der Waals surface area (Å²) in [4.78, 5) is 41.2. The number of nitrogens with zero attached hydrogens (tertiary/aromatic N) is 5. The van der Waals surface area contributed by atoms with Crippen LogP contribution in [0.1, 0.15) is 43.0 Å². The Kier molecular flexibility index (Phi) is 6.25. The molecule has 0 aliphatic carbocycles. The van der Waals surface area contributed by atoms with Crippen molar-refractivity contribution in [3.63, 3.8) is 0 Å². The summed E-state index contributed by atoms with van der Waals surface area (Å²) in [6, 6.07) is 4.60. The van der Waals surface area contributed by atoms with Gasteiger partial charge in [-0.1, -0.05) is 29.8 Å². The molecule has 0 saturated carbocycles. The Hall–Kier alpha value is -3.92. The minimum absolute atomic E-state index is 0.0111. The molecule has 3 heterocycles. The molecule has 34 heavy (non-hydrogen) atoms. The molecule has 0 unspecified atom stereocenters. The lowest BCUT2D eigenvalue weighted by molar-refractivity contribution is 0.0796. The minimum Gasteiger partial charge on any atom is -0.368 e. The van der Waals surface area contributed by atoms with Gasteiger partial charge in [0.25, 0.3) is 11.5 Å². The number of nitrogens with two attached hydrogens (primary N) is 1. The third kappa shape index (κ3) is 3.96. The smallest absolute Gasteiger partial charge is 0.267 e. The van der Waals surface area contributed by atoms with Gasteiger partial charge in [0.2, 0.25) is 5.95 Å². The van der Waals surface area contributed by atoms with E-state index in [4.69, 9.17) is 22.3 Å². The van der Waals surface area contributed by atoms with E-state index >= 15 is 0 Å². The van der Waals surface area contributed by atoms with Gasteiger partial charge in [0.05, 0.1) is 28.6 Å². The third-order valence-electron chi connectivity index (χ3n) is 5.48. The van der Waals surface area contributed by atoms with E-state index in [0.717, 1.165) is 0 Å². The summed E-state index contributed by atoms with van der Waals surface area (Å²) in [5, 5.41) is 6.93. The number of benzene rings is 1. The second kappa shape index (κ2) is 9.14. The van der Waals surface area contributed by atoms with Crippen molar-refractivity contribution in [2.24, 2.45) is 0 Å². The van der Waals surface area contributed by atoms with Crippen molar-refractivity contribution >= 4 is 51.7 Å². The van der Waals surface area contributed by atoms with Crippen LogP contribution in [0.2, 0.25) is 5.02 Å². The average Bonchev–Trinajstić information content (AvgIpc) is 2.80. The van der Waals surface area contributed by atoms with Crippen molar-refractivity contribution in [1.29, 1.82) is 0 Å². The highest BCUT2D eigenvalue weighted by atomic mass is 35.5. The predicted molar refractivity (Wildman–Crippen MR) is 135 cm³/mol. The van der Waals surface area contributed by atoms with Crippen LogP contribution in [0.5, 0.6) is 0 Å². The lowest BCUT2D eigenvalue weighted by Crippen LogP contribution is -2.38. The van der Waals surface area contributed by atoms with Gasteiger partial charge in [0.15, 0.2) is 0 Å². The van der Waals surface area contributed by atoms with Crippen molar-refractivity contribution < 1.29 is 4.79 Å². The first-order valence-electron chi connectivity index (χ1n) is 10.7. The maximum Gasteiger partial charge on any atom is 0.267 e. The Morgan fingerprint density at radius 2 is 2.03 bits per heavy atom. The van der Waals surface area contributed by atoms with Crippen molar-refractivity contribution in [1.82, 2.24) is 24.4 Å². The zero-order valence-electron chi connectivity index (χ0n) is 19.3. The highest BCUT2D eigenvalue weighted by Gasteiger charge is 2.29. The molecule has 176 valence electrons. The number of nitrogens with one attached hydrogen (secondary N) is 2. The monoisotopic (exact) mass is 480 g/mol. The number of hydrogen-bond donors (Lipinski definition) is 3. The number of allylic oxidation sites excluding steroid dienone is 4. The van der Waals surface area contributed by atoms with E-state index in [1.807, 2.05) is 39.0 Å². The van der Waals surface area contributed by atoms with Gasteiger partial charge in [-0.05, 0) is 39.0 Å². The van der Waals surface area contributed by atoms with E-state index in [1.54, 1.807) is 25.2 Å². The summed E-state index contributed by atoms with van der Waals surface area (Å²) in [5.74, 6) is 0.781. The minimum atomic E-state index is -0.547. The first-order valence-corrected chi connectivity index (χ1v) is 11.1. The number of carbonyl (C=O) groups excluding carboxylic acids is 1. The molecule has 1 aliphatic rings. The van der Waals surface area contributed by atoms with Crippen LogP contribution in [0.4, 0.5) is 17.6 Å². The molecule has 0 spiro atoms. The largest absolute Gasteiger partial charge is 0.368 e. The fourth-order valence-corrected chi connectivity index (χ4v) is 4.11. The zero-order valence-corrected chi connectivity index (χ0v) is 20.0. The van der Waals surface area contributed by atoms with Gasteiger partial charge in [0, 0.05) is 12.7 Å². The van der Waals surface area contributed by atoms with E-state index < -0.39 is 6.04 Å². The molecule has 11 heteroatoms. The molecule has 1 amide bonds. The van der Waals surface area contributed by atoms with Crippen LogP contribution >= 0.6 is 11.6 Å². The summed E-state index contributed by atoms with van der Waals surface area (Å²) in [6.45, 7) is 5.83. The number of nitrogen functional groups attached to an aromatic ring is 1. The quantitative estimate of drug-likeness (QED) is 0.473. The maximum absolute atomic E-state index is 13.6. The lowest BCUT2D eigenvalue weighted by atomic mass is 10.1. The van der Waals surface area contributed by atoms with Gasteiger partial charge >= 0.3 is 0 Å². The first-order chi connectivity index (χ1) is 16.3. The number of rotatable bonds is 5. The van der Waals surface area contributed by atoms with Crippen LogP contribution < -0.4 is 21.9 Å². The number of anilines is 3. The Morgan fingerprint density at radius 3 is 2.74 bits per heavy atom. The molecule has 1 atom stereocenters. The van der Waals surface area contributed by atoms with Crippen molar-refractivity contribution in [3.05, 3.63) is 63.2 Å². The number of carbonyl (C=O) groups is 1. The SMILES string of the molecule is C/C=C\C(=C/C)n1c([C@H](C)Nc2nc(N)nc3c2C(=O)N(C)CN3)nc2cccc(Cl)c2c1=O. The Labute approximate surface area is 201 Å². The van der Waals surface area contributed by atoms with E-state index in [9.17, 15) is 9.59 Å². The van der Waals surface area contributed by atoms with Gasteiger partial charge in [-0.25, -0.2) is 4.98 Å². The van der Waals surface area contributed by atoms with Gasteiger partial charge in [-0.2, -0.15) is 9.97 Å². The van der Waals surface area contributed by atoms with E-state index in [2.05, 4.69) is 20.6 Å². The van der Waals surface area contributed by atoms with Crippen LogP contribution in [-0.2, 0) is 0 Å². The number of halogens is 1. The van der Waals surface area contributed by atoms with Gasteiger partial charge in [-0.15, -0.1) is 0 Å². The van der Waals surface area contributed by atoms with Crippen molar-refractivity contribution in [3.8, 4) is 0 Å². The molecule has 0 radical (unpaired) electrons. The number of hydrogen-bond acceptors (Lipinski definition) is 8. The zero-order chi connectivity index (χ0) is 24.6. The van der Waals surface area contributed by atoms with E-state index in [-0.39, 0.29) is 28.8 Å². The third-order valence-corrected chi connectivity index (χ3v) is 5.79. The summed E-state index contributed by atoms with van der Waals surface area (Å²) in [7, 11) is 1.67. The Balaban J connectivity index is 1.91. The highest BCUT2D eigenvalue weighted by molar-refractivity contribution is 6.35. The molecule has 10 nitrogen and oxygen atoms in total. The number of amides is 1. The van der Waals surface area contributed by atoms with Gasteiger partial charge in [0.1, 0.15) is 23.0 Å². The summed E-state index contributed by atoms with van der Waals surface area (Å²) in [5.41, 5.74) is 6.97. The number of aromatic nitrogens is 4. The molecule has 0 fully saturated rings. The topological polar surface area (TPSA) is 131 Å². The molecule has 4 N–H and O–H groups in total. The molecule has 0 saturated heterocycles. The van der Waals surface area contributed by atoms with Crippen LogP contribution in [0.25, 0.3) is 16.6 Å². The number of fused-ring (bicyclic) bond motifs is 2. The van der Waals surface area contributed by atoms with Crippen LogP contribution in [0, 0.1) is 0 Å². The summed E-state index contributed by atoms with van der Waals surface area (Å²) < 4.78 is 1.51. The molecular formula is C23H25ClN8O2. The van der Waals surface area contributed by atoms with Crippen LogP contribution in [0.15, 0.2) is 41.2 Å². The second-order valence-corrected chi connectivity index (χ2v) is 8.22. The predicted octanol–water partition coefficient (Wildman–Crippen LogP) is 3.49. The molecule has 3 aromatic rings. The Morgan fingerprint density at radius 1 is 1.26 bits per heavy atom. The second-order valence-electron chi connectivity index (χ2n) is 7.82. The molecule has 4 rings (SSSR count). The van der Waals surface area contributed by atoms with Crippen molar-refractivity contribution in [2.45, 2.75) is 26.8 Å². The van der Waals surface area contributed by atoms with Gasteiger partial charge in [-0.3, -0.25) is 14.2 Å². The lowest BCUT2D eigenvalue weighted by Gasteiger charge is -2.28. The fourth-order valence-electron chi connectivity index (χ4n) is 3.86. The molecule has 0 bridgehead atoms. The van der Waals surface area contributed by atoms with E-state index in [0.29, 0.717) is 39.9 Å².